The predicted octanol–water partition coefficient (Wildman–Crippen LogP) is 2.73. The lowest BCUT2D eigenvalue weighted by atomic mass is 10.2. The number of ether oxygens (including phenoxy) is 1. The standard InChI is InChI=1S/C15H13N3O4/c1-20-15(19)10-4-6-11(7-5-10)16-9-13-17-14(18-22-13)12-3-2-8-21-12/h2-8,16H,9H2,1H3. The summed E-state index contributed by atoms with van der Waals surface area (Å²) in [6.07, 6.45) is 1.55. The predicted molar refractivity (Wildman–Crippen MR) is 77.1 cm³/mol. The second-order valence-electron chi connectivity index (χ2n) is 4.41. The van der Waals surface area contributed by atoms with Gasteiger partial charge in [-0.05, 0) is 36.4 Å². The third-order valence-corrected chi connectivity index (χ3v) is 2.96. The van der Waals surface area contributed by atoms with E-state index in [2.05, 4.69) is 20.2 Å². The van der Waals surface area contributed by atoms with Crippen molar-refractivity contribution in [2.75, 3.05) is 12.4 Å². The van der Waals surface area contributed by atoms with Crippen LogP contribution in [0.2, 0.25) is 0 Å². The maximum atomic E-state index is 11.3. The van der Waals surface area contributed by atoms with E-state index in [1.165, 1.54) is 7.11 Å². The van der Waals surface area contributed by atoms with Crippen molar-refractivity contribution in [2.45, 2.75) is 6.54 Å². The number of aromatic nitrogens is 2. The van der Waals surface area contributed by atoms with Gasteiger partial charge in [-0.25, -0.2) is 4.79 Å². The molecule has 3 rings (SSSR count). The molecular weight excluding hydrogens is 286 g/mol. The van der Waals surface area contributed by atoms with E-state index in [1.54, 1.807) is 42.7 Å². The quantitative estimate of drug-likeness (QED) is 0.724. The minimum absolute atomic E-state index is 0.366. The lowest BCUT2D eigenvalue weighted by Crippen LogP contribution is -2.02. The zero-order valence-electron chi connectivity index (χ0n) is 11.8. The van der Waals surface area contributed by atoms with Crippen LogP contribution in [0.1, 0.15) is 16.2 Å². The van der Waals surface area contributed by atoms with Crippen molar-refractivity contribution in [3.05, 3.63) is 54.1 Å². The Morgan fingerprint density at radius 3 is 2.77 bits per heavy atom. The maximum absolute atomic E-state index is 11.3. The van der Waals surface area contributed by atoms with Crippen LogP contribution in [0.25, 0.3) is 11.6 Å². The van der Waals surface area contributed by atoms with Crippen LogP contribution in [0, 0.1) is 0 Å². The summed E-state index contributed by atoms with van der Waals surface area (Å²) in [5, 5.41) is 6.96. The third kappa shape index (κ3) is 2.98. The fourth-order valence-corrected chi connectivity index (χ4v) is 1.85. The van der Waals surface area contributed by atoms with Gasteiger partial charge in [0.15, 0.2) is 5.76 Å². The molecule has 0 saturated carbocycles. The van der Waals surface area contributed by atoms with Crippen molar-refractivity contribution in [3.8, 4) is 11.6 Å². The van der Waals surface area contributed by atoms with E-state index < -0.39 is 0 Å². The van der Waals surface area contributed by atoms with Crippen LogP contribution in [0.3, 0.4) is 0 Å². The SMILES string of the molecule is COC(=O)c1ccc(NCc2nc(-c3ccco3)no2)cc1. The molecule has 0 saturated heterocycles. The largest absolute Gasteiger partial charge is 0.465 e. The highest BCUT2D eigenvalue weighted by Gasteiger charge is 2.10. The van der Waals surface area contributed by atoms with Gasteiger partial charge in [-0.1, -0.05) is 5.16 Å². The molecule has 2 aromatic heterocycles. The van der Waals surface area contributed by atoms with E-state index >= 15 is 0 Å². The molecule has 0 spiro atoms. The van der Waals surface area contributed by atoms with E-state index in [9.17, 15) is 4.79 Å². The number of carbonyl (C=O) groups is 1. The molecule has 22 heavy (non-hydrogen) atoms. The molecule has 112 valence electrons. The monoisotopic (exact) mass is 299 g/mol. The first-order valence-electron chi connectivity index (χ1n) is 6.55. The Hall–Kier alpha value is -3.09. The molecule has 1 aromatic carbocycles. The number of benzene rings is 1. The average Bonchev–Trinajstić information content (AvgIpc) is 3.23. The number of nitrogens with one attached hydrogen (secondary N) is 1. The summed E-state index contributed by atoms with van der Waals surface area (Å²) in [5.74, 6) is 1.02. The van der Waals surface area contributed by atoms with E-state index in [-0.39, 0.29) is 5.97 Å². The number of carbonyl (C=O) groups excluding carboxylic acids is 1. The molecule has 1 N–H and O–H groups in total. The number of rotatable bonds is 5. The average molecular weight is 299 g/mol. The molecular formula is C15H13N3O4. The summed E-state index contributed by atoms with van der Waals surface area (Å²) < 4.78 is 15.0. The van der Waals surface area contributed by atoms with E-state index in [4.69, 9.17) is 8.94 Å². The van der Waals surface area contributed by atoms with Crippen LogP contribution >= 0.6 is 0 Å². The molecule has 0 aliphatic rings. The van der Waals surface area contributed by atoms with Gasteiger partial charge >= 0.3 is 5.97 Å². The Kier molecular flexibility index (Phi) is 3.86. The zero-order valence-corrected chi connectivity index (χ0v) is 11.8. The third-order valence-electron chi connectivity index (χ3n) is 2.96. The van der Waals surface area contributed by atoms with Crippen molar-refractivity contribution in [2.24, 2.45) is 0 Å². The Morgan fingerprint density at radius 2 is 2.09 bits per heavy atom. The second-order valence-corrected chi connectivity index (χ2v) is 4.41. The van der Waals surface area contributed by atoms with E-state index in [1.807, 2.05) is 0 Å². The van der Waals surface area contributed by atoms with Gasteiger partial charge < -0.3 is 19.0 Å². The normalized spacial score (nSPS) is 10.4. The molecule has 0 unspecified atom stereocenters. The number of esters is 1. The first kappa shape index (κ1) is 13.9. The summed E-state index contributed by atoms with van der Waals surface area (Å²) >= 11 is 0. The minimum Gasteiger partial charge on any atom is -0.465 e. The van der Waals surface area contributed by atoms with Crippen molar-refractivity contribution >= 4 is 11.7 Å². The number of hydrogen-bond donors (Lipinski definition) is 1. The van der Waals surface area contributed by atoms with Crippen LogP contribution in [-0.2, 0) is 11.3 Å². The molecule has 2 heterocycles. The Balaban J connectivity index is 1.62. The first-order chi connectivity index (χ1) is 10.8. The topological polar surface area (TPSA) is 90.4 Å². The van der Waals surface area contributed by atoms with Crippen molar-refractivity contribution in [3.63, 3.8) is 0 Å². The summed E-state index contributed by atoms with van der Waals surface area (Å²) in [6, 6.07) is 10.4. The fourth-order valence-electron chi connectivity index (χ4n) is 1.85. The molecule has 0 atom stereocenters. The van der Waals surface area contributed by atoms with Crippen LogP contribution in [0.5, 0.6) is 0 Å². The summed E-state index contributed by atoms with van der Waals surface area (Å²) in [7, 11) is 1.35. The first-order valence-corrected chi connectivity index (χ1v) is 6.55. The number of furan rings is 1. The van der Waals surface area contributed by atoms with Gasteiger partial charge in [-0.2, -0.15) is 4.98 Å². The number of methoxy groups -OCH3 is 1. The number of nitrogens with zero attached hydrogens (tertiary/aromatic N) is 2. The van der Waals surface area contributed by atoms with Crippen LogP contribution in [0.4, 0.5) is 5.69 Å². The van der Waals surface area contributed by atoms with Crippen LogP contribution in [0.15, 0.2) is 51.6 Å². The molecule has 0 aliphatic heterocycles. The van der Waals surface area contributed by atoms with Gasteiger partial charge in [0, 0.05) is 5.69 Å². The molecule has 7 heteroatoms. The van der Waals surface area contributed by atoms with Crippen molar-refractivity contribution in [1.82, 2.24) is 10.1 Å². The lowest BCUT2D eigenvalue weighted by Gasteiger charge is -2.04. The summed E-state index contributed by atoms with van der Waals surface area (Å²) in [6.45, 7) is 0.366. The number of hydrogen-bond acceptors (Lipinski definition) is 7. The Bertz CT molecular complexity index is 747. The molecule has 0 fully saturated rings. The van der Waals surface area contributed by atoms with E-state index in [0.717, 1.165) is 5.69 Å². The summed E-state index contributed by atoms with van der Waals surface area (Å²) in [5.41, 5.74) is 1.32. The maximum Gasteiger partial charge on any atom is 0.337 e. The Morgan fingerprint density at radius 1 is 1.27 bits per heavy atom. The van der Waals surface area contributed by atoms with Gasteiger partial charge in [-0.3, -0.25) is 0 Å². The van der Waals surface area contributed by atoms with Gasteiger partial charge in [0.05, 0.1) is 25.5 Å². The highest BCUT2D eigenvalue weighted by Crippen LogP contribution is 2.16. The van der Waals surface area contributed by atoms with Crippen LogP contribution in [-0.4, -0.2) is 23.2 Å². The van der Waals surface area contributed by atoms with E-state index in [0.29, 0.717) is 29.6 Å². The highest BCUT2D eigenvalue weighted by molar-refractivity contribution is 5.89. The molecule has 7 nitrogen and oxygen atoms in total. The molecule has 0 amide bonds. The minimum atomic E-state index is -0.369. The zero-order chi connectivity index (χ0) is 15.4. The fraction of sp³-hybridized carbons (Fsp3) is 0.133. The summed E-state index contributed by atoms with van der Waals surface area (Å²) in [4.78, 5) is 15.6. The highest BCUT2D eigenvalue weighted by atomic mass is 16.5. The molecule has 3 aromatic rings. The Labute approximate surface area is 125 Å². The molecule has 0 aliphatic carbocycles. The van der Waals surface area contributed by atoms with Gasteiger partial charge in [-0.15, -0.1) is 0 Å². The number of anilines is 1. The van der Waals surface area contributed by atoms with Gasteiger partial charge in [0.25, 0.3) is 0 Å². The van der Waals surface area contributed by atoms with Gasteiger partial charge in [0.1, 0.15) is 0 Å². The van der Waals surface area contributed by atoms with Gasteiger partial charge in [0.2, 0.25) is 11.7 Å². The van der Waals surface area contributed by atoms with Crippen molar-refractivity contribution < 1.29 is 18.5 Å². The molecule has 0 bridgehead atoms. The second kappa shape index (κ2) is 6.13. The van der Waals surface area contributed by atoms with Crippen molar-refractivity contribution in [1.29, 1.82) is 0 Å². The molecule has 0 radical (unpaired) electrons. The smallest absolute Gasteiger partial charge is 0.337 e. The van der Waals surface area contributed by atoms with Crippen LogP contribution < -0.4 is 5.32 Å². The lowest BCUT2D eigenvalue weighted by molar-refractivity contribution is 0.0601.